The molecule has 1 aliphatic carbocycles. The zero-order chi connectivity index (χ0) is 95.6. The first-order valence-corrected chi connectivity index (χ1v) is 40.8. The van der Waals surface area contributed by atoms with Gasteiger partial charge in [-0.05, 0) is 242 Å². The number of rotatable bonds is 21. The topological polar surface area (TPSA) is 626 Å². The summed E-state index contributed by atoms with van der Waals surface area (Å²) in [5, 5.41) is 225. The molecule has 25 N–H and O–H groups in total. The molecule has 2 aliphatic heterocycles. The number of aromatic nitrogens is 1. The number of oxazole rings is 1. The molecule has 5 amide bonds. The summed E-state index contributed by atoms with van der Waals surface area (Å²) in [5.74, 6) is -7.80. The van der Waals surface area contributed by atoms with Crippen molar-refractivity contribution in [3.8, 4) is 144 Å². The number of nitrogens with one attached hydrogen (secondary N) is 2. The number of benzene rings is 11. The van der Waals surface area contributed by atoms with E-state index in [-0.39, 0.29) is 222 Å². The molecule has 4 unspecified atom stereocenters. The average Bonchev–Trinajstić information content (AvgIpc) is 1.60. The van der Waals surface area contributed by atoms with Crippen molar-refractivity contribution in [1.29, 1.82) is 0 Å². The molecule has 0 radical (unpaired) electrons. The van der Waals surface area contributed by atoms with Gasteiger partial charge in [0.15, 0.2) is 132 Å². The second-order valence-corrected chi connectivity index (χ2v) is 31.4. The first-order chi connectivity index (χ1) is 62.8. The van der Waals surface area contributed by atoms with Gasteiger partial charge in [0.2, 0.25) is 5.89 Å². The highest BCUT2D eigenvalue weighted by Gasteiger charge is 2.47. The minimum atomic E-state index is -0.538. The number of aliphatic imine (C=N–C) groups is 1. The summed E-state index contributed by atoms with van der Waals surface area (Å²) in [6.45, 7) is 3.47. The number of carbonyl (C=O) groups is 5. The maximum absolute atomic E-state index is 12.7. The van der Waals surface area contributed by atoms with E-state index in [9.17, 15) is 141 Å². The average molecular weight is 1810 g/mol. The van der Waals surface area contributed by atoms with Crippen LogP contribution in [0, 0.1) is 11.8 Å². The van der Waals surface area contributed by atoms with Crippen molar-refractivity contribution >= 4 is 35.8 Å². The Hall–Kier alpha value is -17.0. The number of fused-ring (bicyclic) bond motifs is 2. The van der Waals surface area contributed by atoms with Gasteiger partial charge in [-0.15, -0.1) is 0 Å². The highest BCUT2D eigenvalue weighted by Crippen LogP contribution is 2.43. The number of nitrogens with zero attached hydrogens (tertiary/aromatic N) is 6. The Morgan fingerprint density at radius 1 is 0.394 bits per heavy atom. The van der Waals surface area contributed by atoms with E-state index in [4.69, 9.17) is 4.42 Å². The standard InChI is InChI=1S/C22H28N2O5.C19H18N2O6.C19H16O6.C18H20N2O6.C17H14N2O6/c25-18-6-4-16(9-20(18)27)12-23-11-14-2-1-3-15(8-14)13-24-22(29)17-5-7-19(26)21(28)10-17;22-14-3-1-10(5-16(14)24)18(26)20-8-13-7-12(20)9-21(13)19(27)11-2-4-15(23)17(25)6-11;20-13-4-1-10(7-16(13)23)19(11-2-5-14(21)17(24)8-11)12-3-6-15(22)18(25)9-12;1-19(17(25)11-3-5-13(21)15(23)9-11)7-8-20(2)18(26)12-4-6-14(22)16(24)10-12;20-12-3-1-9(5-14(12)22)7-18-8-11-17(24)25-16(19-11)10-2-4-13(21)15(23)6-10/h4-7,9-10,14-15,23,25-28H,1-3,8,11-13H2,(H,24,29);1-6,12-13,22-25H,7-9H2;1-9,19-25H;3-6,9-10,21-24H,7-8H2,1-2H3;1-6,8,20-24H,7H2. The lowest BCUT2D eigenvalue weighted by Crippen LogP contribution is -2.50. The summed E-state index contributed by atoms with van der Waals surface area (Å²) < 4.78 is 5.12. The lowest BCUT2D eigenvalue weighted by molar-refractivity contribution is 0.0526. The molecule has 37 nitrogen and oxygen atoms in total. The van der Waals surface area contributed by atoms with Crippen LogP contribution in [-0.2, 0) is 13.1 Å². The largest absolute Gasteiger partial charge is 0.504 e. The highest BCUT2D eigenvalue weighted by atomic mass is 16.5. The molecule has 15 rings (SSSR count). The number of piperazine rings is 1. The van der Waals surface area contributed by atoms with Crippen molar-refractivity contribution < 1.29 is 146 Å². The van der Waals surface area contributed by atoms with Crippen LogP contribution in [0.2, 0.25) is 0 Å². The minimum absolute atomic E-state index is 0.0523. The van der Waals surface area contributed by atoms with Gasteiger partial charge in [-0.25, -0.2) is 4.98 Å². The van der Waals surface area contributed by atoms with Crippen LogP contribution in [0.15, 0.2) is 210 Å². The van der Waals surface area contributed by atoms with E-state index >= 15 is 0 Å². The Kier molecular flexibility index (Phi) is 30.8. The van der Waals surface area contributed by atoms with E-state index in [0.717, 1.165) is 37.8 Å². The smallest absolute Gasteiger partial charge is 0.312 e. The first kappa shape index (κ1) is 95.7. The molecule has 2 saturated heterocycles. The van der Waals surface area contributed by atoms with Crippen LogP contribution in [0.25, 0.3) is 11.5 Å². The molecule has 3 aliphatic rings. The van der Waals surface area contributed by atoms with Crippen molar-refractivity contribution in [3.05, 3.63) is 262 Å². The SMILES string of the molecule is CN(CCN(C)C(=O)c1ccc(O)c(O)c1)C(=O)c1ccc(O)c(O)c1.O=C(NCC1CCCC(CNCc2ccc(O)c(O)c2)C1)c1ccc(O)c(O)c1.O=C(c1ccc(O)c(O)c1)N1CC2CC1CN2C(=O)c1ccc(O)c(O)c1.Oc1ccc(C(c2ccc(O)c(O)c2)c2ccc(O)c(O)c2)cc1O.Oc1ccc(CN=Cc2nc(-c3ccc(O)c(O)c3)oc2O)cc1O. The Morgan fingerprint density at radius 2 is 0.735 bits per heavy atom. The third-order valence-corrected chi connectivity index (χ3v) is 22.0. The molecule has 3 heterocycles. The molecule has 3 fully saturated rings. The minimum Gasteiger partial charge on any atom is -0.504 e. The zero-order valence-corrected chi connectivity index (χ0v) is 70.6. The fraction of sp³-hybridized carbons (Fsp3) is 0.211. The predicted octanol–water partition coefficient (Wildman–Crippen LogP) is 11.0. The number of aromatic hydroxyl groups is 23. The van der Waals surface area contributed by atoms with E-state index in [1.165, 1.54) is 180 Å². The fourth-order valence-corrected chi connectivity index (χ4v) is 14.8. The molecule has 12 aromatic rings. The van der Waals surface area contributed by atoms with Crippen molar-refractivity contribution in [3.63, 3.8) is 0 Å². The van der Waals surface area contributed by atoms with Gasteiger partial charge in [-0.3, -0.25) is 29.0 Å². The molecule has 690 valence electrons. The van der Waals surface area contributed by atoms with E-state index in [2.05, 4.69) is 20.6 Å². The molecular formula is C95H96N8O29. The highest BCUT2D eigenvalue weighted by molar-refractivity contribution is 5.99. The normalized spacial score (nSPS) is 14.7. The Labute approximate surface area is 752 Å². The summed E-state index contributed by atoms with van der Waals surface area (Å²) in [4.78, 5) is 76.5. The predicted molar refractivity (Wildman–Crippen MR) is 475 cm³/mol. The van der Waals surface area contributed by atoms with E-state index in [1.54, 1.807) is 60.3 Å². The van der Waals surface area contributed by atoms with Gasteiger partial charge in [0, 0.05) is 92.7 Å². The van der Waals surface area contributed by atoms with Crippen LogP contribution in [0.1, 0.15) is 123 Å². The Bertz CT molecular complexity index is 5980. The summed E-state index contributed by atoms with van der Waals surface area (Å²) in [6.07, 6.45) is 6.31. The molecule has 4 atom stereocenters. The van der Waals surface area contributed by atoms with Gasteiger partial charge in [0.1, 0.15) is 0 Å². The molecule has 1 saturated carbocycles. The molecule has 37 heteroatoms. The van der Waals surface area contributed by atoms with Crippen molar-refractivity contribution in [2.75, 3.05) is 53.4 Å². The first-order valence-electron chi connectivity index (χ1n) is 40.8. The number of amides is 5. The third-order valence-electron chi connectivity index (χ3n) is 22.0. The second kappa shape index (κ2) is 42.5. The molecule has 132 heavy (non-hydrogen) atoms. The van der Waals surface area contributed by atoms with Crippen LogP contribution in [0.4, 0.5) is 0 Å². The van der Waals surface area contributed by atoms with Crippen LogP contribution < -0.4 is 10.6 Å². The van der Waals surface area contributed by atoms with E-state index in [0.29, 0.717) is 77.8 Å². The summed E-state index contributed by atoms with van der Waals surface area (Å²) in [7, 11) is 3.11. The molecule has 2 bridgehead atoms. The van der Waals surface area contributed by atoms with Crippen LogP contribution >= 0.6 is 0 Å². The molecule has 0 spiro atoms. The van der Waals surface area contributed by atoms with Crippen molar-refractivity contribution in [1.82, 2.24) is 35.2 Å². The monoisotopic (exact) mass is 1810 g/mol. The van der Waals surface area contributed by atoms with Crippen LogP contribution in [-0.4, -0.2) is 243 Å². The molecule has 1 aromatic heterocycles. The van der Waals surface area contributed by atoms with Crippen LogP contribution in [0.5, 0.6) is 132 Å². The van der Waals surface area contributed by atoms with Gasteiger partial charge in [0.05, 0.1) is 24.8 Å². The quantitative estimate of drug-likeness (QED) is 0.0180. The van der Waals surface area contributed by atoms with Gasteiger partial charge in [0.25, 0.3) is 29.5 Å². The fourth-order valence-electron chi connectivity index (χ4n) is 14.8. The number of carbonyl (C=O) groups excluding carboxylic acids is 5. The van der Waals surface area contributed by atoms with Gasteiger partial charge in [-0.2, -0.15) is 0 Å². The maximum atomic E-state index is 12.7. The van der Waals surface area contributed by atoms with E-state index in [1.807, 2.05) is 0 Å². The lowest BCUT2D eigenvalue weighted by atomic mass is 9.81. The molecular weight excluding hydrogens is 1720 g/mol. The Balaban J connectivity index is 0.000000159. The zero-order valence-electron chi connectivity index (χ0n) is 70.6. The van der Waals surface area contributed by atoms with Crippen molar-refractivity contribution in [2.24, 2.45) is 16.8 Å². The Morgan fingerprint density at radius 3 is 1.14 bits per heavy atom. The number of likely N-dealkylation sites (tertiary alicyclic amines) is 2. The summed E-state index contributed by atoms with van der Waals surface area (Å²) >= 11 is 0. The number of hydrogen-bond acceptors (Lipinski definition) is 32. The van der Waals surface area contributed by atoms with Crippen LogP contribution in [0.3, 0.4) is 0 Å². The van der Waals surface area contributed by atoms with Crippen molar-refractivity contribution in [2.45, 2.75) is 63.2 Å². The summed E-state index contributed by atoms with van der Waals surface area (Å²) in [6, 6.07) is 45.3. The number of likely N-dealkylation sites (N-methyl/N-ethyl adjacent to an activating group) is 2. The van der Waals surface area contributed by atoms with E-state index < -0.39 is 11.9 Å². The molecule has 11 aromatic carbocycles. The van der Waals surface area contributed by atoms with Gasteiger partial charge < -0.3 is 152 Å². The number of hydrogen-bond donors (Lipinski definition) is 25. The second-order valence-electron chi connectivity index (χ2n) is 31.4. The third kappa shape index (κ3) is 24.2. The summed E-state index contributed by atoms with van der Waals surface area (Å²) in [5.41, 5.74) is 5.04. The van der Waals surface area contributed by atoms with Gasteiger partial charge in [-0.1, -0.05) is 36.8 Å². The maximum Gasteiger partial charge on any atom is 0.312 e. The number of phenols is 22. The number of phenolic OH excluding ortho intramolecular Hbond substituents is 22. The van der Waals surface area contributed by atoms with Gasteiger partial charge >= 0.3 is 5.95 Å². The lowest BCUT2D eigenvalue weighted by Gasteiger charge is -2.34.